The summed E-state index contributed by atoms with van der Waals surface area (Å²) in [4.78, 5) is 0. The molecular weight excluding hydrogens is 190 g/mol. The molecule has 15 heavy (non-hydrogen) atoms. The lowest BCUT2D eigenvalue weighted by Crippen LogP contribution is -2.41. The van der Waals surface area contributed by atoms with Gasteiger partial charge in [0.25, 0.3) is 0 Å². The monoisotopic (exact) mass is 215 g/mol. The average molecular weight is 215 g/mol. The van der Waals surface area contributed by atoms with Gasteiger partial charge in [0.2, 0.25) is 0 Å². The van der Waals surface area contributed by atoms with Crippen molar-refractivity contribution in [3.8, 4) is 0 Å². The second-order valence-corrected chi connectivity index (χ2v) is 4.82. The Morgan fingerprint density at radius 3 is 2.93 bits per heavy atom. The molecule has 1 fully saturated rings. The summed E-state index contributed by atoms with van der Waals surface area (Å²) in [7, 11) is 0. The van der Waals surface area contributed by atoms with Crippen molar-refractivity contribution in [2.24, 2.45) is 5.73 Å². The number of hydrogen-bond donors (Lipinski definition) is 1. The molecule has 1 heterocycles. The lowest BCUT2D eigenvalue weighted by molar-refractivity contribution is 0.0839. The molecule has 2 N–H and O–H groups in total. The van der Waals surface area contributed by atoms with Crippen LogP contribution < -0.4 is 5.73 Å². The van der Waals surface area contributed by atoms with Gasteiger partial charge in [0, 0.05) is 18.8 Å². The largest absolute Gasteiger partial charge is 0.380 e. The van der Waals surface area contributed by atoms with E-state index < -0.39 is 0 Å². The van der Waals surface area contributed by atoms with Crippen LogP contribution in [0.5, 0.6) is 0 Å². The summed E-state index contributed by atoms with van der Waals surface area (Å²) in [6.45, 7) is 6.43. The third kappa shape index (κ3) is 5.50. The molecule has 1 aliphatic heterocycles. The molecule has 2 atom stereocenters. The van der Waals surface area contributed by atoms with Crippen molar-refractivity contribution in [2.45, 2.75) is 57.6 Å². The van der Waals surface area contributed by atoms with E-state index in [2.05, 4.69) is 6.92 Å². The van der Waals surface area contributed by atoms with Crippen molar-refractivity contribution in [1.82, 2.24) is 0 Å². The first-order valence-electron chi connectivity index (χ1n) is 6.12. The minimum absolute atomic E-state index is 0.172. The molecular formula is C12H25NO2. The zero-order valence-corrected chi connectivity index (χ0v) is 10.1. The SMILES string of the molecule is CCOCC(C)(N)CCCC1CCCO1. The second-order valence-electron chi connectivity index (χ2n) is 4.82. The van der Waals surface area contributed by atoms with E-state index in [0.717, 1.165) is 32.5 Å². The van der Waals surface area contributed by atoms with E-state index in [1.165, 1.54) is 12.8 Å². The van der Waals surface area contributed by atoms with E-state index in [0.29, 0.717) is 12.7 Å². The van der Waals surface area contributed by atoms with E-state index in [1.54, 1.807) is 0 Å². The lowest BCUT2D eigenvalue weighted by Gasteiger charge is -2.24. The van der Waals surface area contributed by atoms with Crippen molar-refractivity contribution < 1.29 is 9.47 Å². The molecule has 0 aromatic heterocycles. The summed E-state index contributed by atoms with van der Waals surface area (Å²) in [6.07, 6.45) is 6.26. The number of rotatable bonds is 7. The van der Waals surface area contributed by atoms with Crippen molar-refractivity contribution in [3.05, 3.63) is 0 Å². The average Bonchev–Trinajstić information content (AvgIpc) is 2.67. The standard InChI is InChI=1S/C12H25NO2/c1-3-14-10-12(2,13)8-4-6-11-7-5-9-15-11/h11H,3-10,13H2,1-2H3. The van der Waals surface area contributed by atoms with Crippen molar-refractivity contribution >= 4 is 0 Å². The predicted octanol–water partition coefficient (Wildman–Crippen LogP) is 2.09. The first kappa shape index (κ1) is 12.9. The summed E-state index contributed by atoms with van der Waals surface area (Å²) < 4.78 is 10.9. The van der Waals surface area contributed by atoms with E-state index in [9.17, 15) is 0 Å². The van der Waals surface area contributed by atoms with Crippen molar-refractivity contribution in [1.29, 1.82) is 0 Å². The molecule has 0 spiro atoms. The van der Waals surface area contributed by atoms with Gasteiger partial charge in [0.05, 0.1) is 12.7 Å². The van der Waals surface area contributed by atoms with E-state index in [4.69, 9.17) is 15.2 Å². The van der Waals surface area contributed by atoms with Crippen LogP contribution in [0.15, 0.2) is 0 Å². The molecule has 0 aliphatic carbocycles. The van der Waals surface area contributed by atoms with Gasteiger partial charge < -0.3 is 15.2 Å². The summed E-state index contributed by atoms with van der Waals surface area (Å²) in [6, 6.07) is 0. The highest BCUT2D eigenvalue weighted by atomic mass is 16.5. The highest BCUT2D eigenvalue weighted by molar-refractivity contribution is 4.78. The Hall–Kier alpha value is -0.120. The van der Waals surface area contributed by atoms with E-state index >= 15 is 0 Å². The third-order valence-corrected chi connectivity index (χ3v) is 2.93. The minimum atomic E-state index is -0.172. The van der Waals surface area contributed by atoms with Crippen molar-refractivity contribution in [2.75, 3.05) is 19.8 Å². The Morgan fingerprint density at radius 1 is 1.53 bits per heavy atom. The minimum Gasteiger partial charge on any atom is -0.380 e. The predicted molar refractivity (Wildman–Crippen MR) is 61.9 cm³/mol. The maximum absolute atomic E-state index is 6.12. The number of hydrogen-bond acceptors (Lipinski definition) is 3. The molecule has 0 bridgehead atoms. The quantitative estimate of drug-likeness (QED) is 0.707. The van der Waals surface area contributed by atoms with Gasteiger partial charge in [0.1, 0.15) is 0 Å². The summed E-state index contributed by atoms with van der Waals surface area (Å²) in [5, 5.41) is 0. The topological polar surface area (TPSA) is 44.5 Å². The summed E-state index contributed by atoms with van der Waals surface area (Å²) in [5.74, 6) is 0. The molecule has 0 aromatic carbocycles. The van der Waals surface area contributed by atoms with Crippen LogP contribution in [-0.4, -0.2) is 31.5 Å². The molecule has 1 rings (SSSR count). The van der Waals surface area contributed by atoms with E-state index in [1.807, 2.05) is 6.92 Å². The maximum atomic E-state index is 6.12. The van der Waals surface area contributed by atoms with Gasteiger partial charge in [-0.05, 0) is 46.0 Å². The fraction of sp³-hybridized carbons (Fsp3) is 1.00. The normalized spacial score (nSPS) is 25.4. The molecule has 1 aliphatic rings. The fourth-order valence-electron chi connectivity index (χ4n) is 2.01. The molecule has 2 unspecified atom stereocenters. The van der Waals surface area contributed by atoms with Crippen LogP contribution in [-0.2, 0) is 9.47 Å². The number of nitrogens with two attached hydrogens (primary N) is 1. The van der Waals surface area contributed by atoms with Gasteiger partial charge in [-0.15, -0.1) is 0 Å². The molecule has 0 aromatic rings. The smallest absolute Gasteiger partial charge is 0.0643 e. The highest BCUT2D eigenvalue weighted by Gasteiger charge is 2.20. The van der Waals surface area contributed by atoms with Crippen LogP contribution in [0.1, 0.15) is 46.0 Å². The van der Waals surface area contributed by atoms with Crippen LogP contribution in [0.2, 0.25) is 0 Å². The second kappa shape index (κ2) is 6.46. The number of ether oxygens (including phenoxy) is 2. The fourth-order valence-corrected chi connectivity index (χ4v) is 2.01. The van der Waals surface area contributed by atoms with Gasteiger partial charge in [-0.2, -0.15) is 0 Å². The van der Waals surface area contributed by atoms with Gasteiger partial charge in [-0.25, -0.2) is 0 Å². The Morgan fingerprint density at radius 2 is 2.33 bits per heavy atom. The van der Waals surface area contributed by atoms with Gasteiger partial charge in [-0.3, -0.25) is 0 Å². The highest BCUT2D eigenvalue weighted by Crippen LogP contribution is 2.20. The first-order valence-corrected chi connectivity index (χ1v) is 6.12. The van der Waals surface area contributed by atoms with E-state index in [-0.39, 0.29) is 5.54 Å². The summed E-state index contributed by atoms with van der Waals surface area (Å²) in [5.41, 5.74) is 5.95. The molecule has 3 heteroatoms. The van der Waals surface area contributed by atoms with Crippen LogP contribution in [0.4, 0.5) is 0 Å². The molecule has 0 radical (unpaired) electrons. The van der Waals surface area contributed by atoms with Crippen molar-refractivity contribution in [3.63, 3.8) is 0 Å². The molecule has 3 nitrogen and oxygen atoms in total. The maximum Gasteiger partial charge on any atom is 0.0643 e. The molecule has 1 saturated heterocycles. The zero-order valence-electron chi connectivity index (χ0n) is 10.1. The molecule has 90 valence electrons. The van der Waals surface area contributed by atoms with Crippen LogP contribution in [0.3, 0.4) is 0 Å². The van der Waals surface area contributed by atoms with Crippen LogP contribution >= 0.6 is 0 Å². The molecule has 0 saturated carbocycles. The Kier molecular flexibility index (Phi) is 5.58. The lowest BCUT2D eigenvalue weighted by atomic mass is 9.95. The Labute approximate surface area is 93.3 Å². The Bertz CT molecular complexity index is 165. The first-order chi connectivity index (χ1) is 7.14. The van der Waals surface area contributed by atoms with Gasteiger partial charge >= 0.3 is 0 Å². The molecule has 0 amide bonds. The van der Waals surface area contributed by atoms with Crippen LogP contribution in [0, 0.1) is 0 Å². The van der Waals surface area contributed by atoms with Gasteiger partial charge in [0.15, 0.2) is 0 Å². The Balaban J connectivity index is 2.06. The zero-order chi connectivity index (χ0) is 11.1. The van der Waals surface area contributed by atoms with Crippen LogP contribution in [0.25, 0.3) is 0 Å². The van der Waals surface area contributed by atoms with Gasteiger partial charge in [-0.1, -0.05) is 0 Å². The summed E-state index contributed by atoms with van der Waals surface area (Å²) >= 11 is 0. The third-order valence-electron chi connectivity index (χ3n) is 2.93.